The van der Waals surface area contributed by atoms with Gasteiger partial charge < -0.3 is 9.88 Å². The fourth-order valence-electron chi connectivity index (χ4n) is 2.50. The van der Waals surface area contributed by atoms with Crippen LogP contribution in [-0.2, 0) is 13.1 Å². The Labute approximate surface area is 148 Å². The largest absolute Gasteiger partial charge is 0.337 e. The summed E-state index contributed by atoms with van der Waals surface area (Å²) in [7, 11) is 1.63. The highest BCUT2D eigenvalue weighted by Crippen LogP contribution is 2.09. The van der Waals surface area contributed by atoms with Gasteiger partial charge in [0.2, 0.25) is 0 Å². The standard InChI is InChI=1S/C18H17N3O3S/c1-20(11-13-6-3-2-4-7-13)16(22)15-10-19-18(24)21(17(15)23)12-14-8-5-9-25-14/h2-10H,11-12H2,1H3,(H,19,24). The van der Waals surface area contributed by atoms with Crippen molar-refractivity contribution in [2.45, 2.75) is 13.1 Å². The predicted molar refractivity (Wildman–Crippen MR) is 97.0 cm³/mol. The van der Waals surface area contributed by atoms with Crippen molar-refractivity contribution in [1.82, 2.24) is 14.5 Å². The van der Waals surface area contributed by atoms with Gasteiger partial charge in [-0.25, -0.2) is 4.79 Å². The zero-order valence-electron chi connectivity index (χ0n) is 13.6. The summed E-state index contributed by atoms with van der Waals surface area (Å²) in [5.41, 5.74) is -0.195. The first-order chi connectivity index (χ1) is 12.1. The van der Waals surface area contributed by atoms with Gasteiger partial charge in [-0.05, 0) is 17.0 Å². The maximum atomic E-state index is 12.6. The maximum absolute atomic E-state index is 12.6. The number of H-pyrrole nitrogens is 1. The van der Waals surface area contributed by atoms with Gasteiger partial charge >= 0.3 is 5.69 Å². The first kappa shape index (κ1) is 16.9. The SMILES string of the molecule is CN(Cc1ccccc1)C(=O)c1c[nH]c(=O)n(Cc2cccs2)c1=O. The Morgan fingerprint density at radius 2 is 1.92 bits per heavy atom. The highest BCUT2D eigenvalue weighted by atomic mass is 32.1. The van der Waals surface area contributed by atoms with Gasteiger partial charge in [-0.15, -0.1) is 11.3 Å². The van der Waals surface area contributed by atoms with E-state index in [9.17, 15) is 14.4 Å². The number of hydrogen-bond acceptors (Lipinski definition) is 4. The highest BCUT2D eigenvalue weighted by molar-refractivity contribution is 7.09. The van der Waals surface area contributed by atoms with Gasteiger partial charge in [0.25, 0.3) is 11.5 Å². The summed E-state index contributed by atoms with van der Waals surface area (Å²) in [6, 6.07) is 13.2. The molecular weight excluding hydrogens is 338 g/mol. The molecule has 0 fully saturated rings. The molecule has 0 unspecified atom stereocenters. The van der Waals surface area contributed by atoms with Crippen LogP contribution >= 0.6 is 11.3 Å². The minimum absolute atomic E-state index is 0.0467. The molecule has 0 aliphatic heterocycles. The van der Waals surface area contributed by atoms with E-state index in [1.54, 1.807) is 7.05 Å². The summed E-state index contributed by atoms with van der Waals surface area (Å²) < 4.78 is 1.05. The molecule has 2 aromatic heterocycles. The molecule has 0 aliphatic rings. The lowest BCUT2D eigenvalue weighted by Gasteiger charge is -2.17. The Balaban J connectivity index is 1.88. The number of hydrogen-bond donors (Lipinski definition) is 1. The maximum Gasteiger partial charge on any atom is 0.328 e. The third-order valence-corrected chi connectivity index (χ3v) is 4.66. The number of rotatable bonds is 5. The van der Waals surface area contributed by atoms with Crippen molar-refractivity contribution in [3.05, 3.63) is 90.9 Å². The van der Waals surface area contributed by atoms with Crippen LogP contribution in [0, 0.1) is 0 Å². The molecule has 6 nitrogen and oxygen atoms in total. The van der Waals surface area contributed by atoms with Crippen molar-refractivity contribution in [3.8, 4) is 0 Å². The number of thiophene rings is 1. The highest BCUT2D eigenvalue weighted by Gasteiger charge is 2.18. The molecule has 0 radical (unpaired) electrons. The third-order valence-electron chi connectivity index (χ3n) is 3.79. The van der Waals surface area contributed by atoms with Crippen molar-refractivity contribution < 1.29 is 4.79 Å². The molecule has 0 spiro atoms. The average Bonchev–Trinajstić information content (AvgIpc) is 3.12. The number of nitrogens with one attached hydrogen (secondary N) is 1. The molecule has 3 aromatic rings. The summed E-state index contributed by atoms with van der Waals surface area (Å²) in [4.78, 5) is 42.0. The van der Waals surface area contributed by atoms with E-state index in [0.29, 0.717) is 6.54 Å². The van der Waals surface area contributed by atoms with Crippen LogP contribution in [0.1, 0.15) is 20.8 Å². The molecule has 2 heterocycles. The number of nitrogens with zero attached hydrogens (tertiary/aromatic N) is 2. The molecule has 0 saturated heterocycles. The van der Waals surface area contributed by atoms with E-state index in [-0.39, 0.29) is 12.1 Å². The third kappa shape index (κ3) is 3.77. The van der Waals surface area contributed by atoms with Crippen molar-refractivity contribution >= 4 is 17.2 Å². The molecule has 1 aromatic carbocycles. The summed E-state index contributed by atoms with van der Waals surface area (Å²) in [6.07, 6.45) is 1.19. The van der Waals surface area contributed by atoms with E-state index >= 15 is 0 Å². The molecule has 7 heteroatoms. The quantitative estimate of drug-likeness (QED) is 0.760. The number of amides is 1. The minimum Gasteiger partial charge on any atom is -0.337 e. The van der Waals surface area contributed by atoms with E-state index in [2.05, 4.69) is 4.98 Å². The van der Waals surface area contributed by atoms with Crippen molar-refractivity contribution in [3.63, 3.8) is 0 Å². The summed E-state index contributed by atoms with van der Waals surface area (Å²) in [6.45, 7) is 0.526. The van der Waals surface area contributed by atoms with Gasteiger partial charge in [-0.3, -0.25) is 14.2 Å². The molecule has 128 valence electrons. The lowest BCUT2D eigenvalue weighted by atomic mass is 10.2. The Hall–Kier alpha value is -2.93. The van der Waals surface area contributed by atoms with Gasteiger partial charge in [0.05, 0.1) is 6.54 Å². The van der Waals surface area contributed by atoms with Crippen molar-refractivity contribution in [2.24, 2.45) is 0 Å². The molecule has 3 rings (SSSR count). The lowest BCUT2D eigenvalue weighted by molar-refractivity contribution is 0.0782. The van der Waals surface area contributed by atoms with E-state index < -0.39 is 17.2 Å². The molecule has 0 bridgehead atoms. The molecule has 0 atom stereocenters. The number of aromatic amines is 1. The predicted octanol–water partition coefficient (Wildman–Crippen LogP) is 1.92. The smallest absolute Gasteiger partial charge is 0.328 e. The molecule has 0 aliphatic carbocycles. The normalized spacial score (nSPS) is 10.6. The topological polar surface area (TPSA) is 75.2 Å². The Kier molecular flexibility index (Phi) is 4.95. The van der Waals surface area contributed by atoms with E-state index in [0.717, 1.165) is 15.0 Å². The summed E-state index contributed by atoms with van der Waals surface area (Å²) in [5, 5.41) is 1.87. The minimum atomic E-state index is -0.581. The Morgan fingerprint density at radius 3 is 2.60 bits per heavy atom. The van der Waals surface area contributed by atoms with E-state index in [4.69, 9.17) is 0 Å². The second kappa shape index (κ2) is 7.31. The van der Waals surface area contributed by atoms with Crippen LogP contribution < -0.4 is 11.2 Å². The number of benzene rings is 1. The second-order valence-corrected chi connectivity index (χ2v) is 6.66. The molecule has 0 saturated carbocycles. The van der Waals surface area contributed by atoms with Crippen molar-refractivity contribution in [2.75, 3.05) is 7.05 Å². The number of carbonyl (C=O) groups excluding carboxylic acids is 1. The average molecular weight is 355 g/mol. The fraction of sp³-hybridized carbons (Fsp3) is 0.167. The van der Waals surface area contributed by atoms with Gasteiger partial charge in [-0.2, -0.15) is 0 Å². The first-order valence-electron chi connectivity index (χ1n) is 7.70. The van der Waals surface area contributed by atoms with Crippen LogP contribution in [0.3, 0.4) is 0 Å². The van der Waals surface area contributed by atoms with Gasteiger partial charge in [-0.1, -0.05) is 36.4 Å². The Bertz CT molecular complexity index is 975. The van der Waals surface area contributed by atoms with Crippen LogP contribution in [0.2, 0.25) is 0 Å². The number of carbonyl (C=O) groups is 1. The molecular formula is C18H17N3O3S. The first-order valence-corrected chi connectivity index (χ1v) is 8.58. The number of aromatic nitrogens is 2. The lowest BCUT2D eigenvalue weighted by Crippen LogP contribution is -2.41. The van der Waals surface area contributed by atoms with Crippen LogP contribution in [0.5, 0.6) is 0 Å². The van der Waals surface area contributed by atoms with Crippen LogP contribution in [-0.4, -0.2) is 27.4 Å². The Morgan fingerprint density at radius 1 is 1.16 bits per heavy atom. The van der Waals surface area contributed by atoms with Crippen LogP contribution in [0.4, 0.5) is 0 Å². The summed E-state index contributed by atoms with van der Waals surface area (Å²) >= 11 is 1.45. The van der Waals surface area contributed by atoms with Gasteiger partial charge in [0.1, 0.15) is 5.56 Å². The van der Waals surface area contributed by atoms with Crippen molar-refractivity contribution in [1.29, 1.82) is 0 Å². The van der Waals surface area contributed by atoms with E-state index in [1.807, 2.05) is 47.8 Å². The monoisotopic (exact) mass is 355 g/mol. The van der Waals surface area contributed by atoms with Gasteiger partial charge in [0.15, 0.2) is 0 Å². The van der Waals surface area contributed by atoms with E-state index in [1.165, 1.54) is 22.4 Å². The zero-order chi connectivity index (χ0) is 17.8. The molecule has 25 heavy (non-hydrogen) atoms. The zero-order valence-corrected chi connectivity index (χ0v) is 14.5. The van der Waals surface area contributed by atoms with Crippen LogP contribution in [0.25, 0.3) is 0 Å². The second-order valence-electron chi connectivity index (χ2n) is 5.62. The van der Waals surface area contributed by atoms with Crippen LogP contribution in [0.15, 0.2) is 63.6 Å². The fourth-order valence-corrected chi connectivity index (χ4v) is 3.19. The molecule has 1 N–H and O–H groups in total. The summed E-state index contributed by atoms with van der Waals surface area (Å²) in [5.74, 6) is -0.426. The molecule has 1 amide bonds. The van der Waals surface area contributed by atoms with Gasteiger partial charge in [0, 0.05) is 24.7 Å².